The summed E-state index contributed by atoms with van der Waals surface area (Å²) in [5.74, 6) is -0.739. The normalized spacial score (nSPS) is 13.6. The number of nitrogens with one attached hydrogen (secondary N) is 1. The summed E-state index contributed by atoms with van der Waals surface area (Å²) < 4.78 is 19.6. The SMILES string of the molecule is COC(=O)c1cc2c(Cl)ccc(F)c2[nH]1.O=C(CCn1cccn1)N1CCCCC1. The zero-order chi connectivity index (χ0) is 21.5. The van der Waals surface area contributed by atoms with Crippen LogP contribution in [0.3, 0.4) is 0 Å². The first kappa shape index (κ1) is 21.8. The Balaban J connectivity index is 0.000000171. The van der Waals surface area contributed by atoms with Gasteiger partial charge < -0.3 is 14.6 Å². The van der Waals surface area contributed by atoms with Crippen molar-refractivity contribution in [2.45, 2.75) is 32.2 Å². The summed E-state index contributed by atoms with van der Waals surface area (Å²) in [6.07, 6.45) is 7.79. The van der Waals surface area contributed by atoms with Crippen LogP contribution < -0.4 is 0 Å². The third-order valence-corrected chi connectivity index (χ3v) is 5.25. The molecule has 3 heterocycles. The van der Waals surface area contributed by atoms with E-state index in [2.05, 4.69) is 14.8 Å². The van der Waals surface area contributed by atoms with E-state index >= 15 is 0 Å². The largest absolute Gasteiger partial charge is 0.464 e. The highest BCUT2D eigenvalue weighted by Crippen LogP contribution is 2.26. The molecule has 0 spiro atoms. The number of aromatic amines is 1. The molecule has 0 atom stereocenters. The van der Waals surface area contributed by atoms with Crippen LogP contribution in [-0.4, -0.2) is 51.7 Å². The molecule has 1 saturated heterocycles. The van der Waals surface area contributed by atoms with Crippen LogP contribution in [0.15, 0.2) is 36.7 Å². The van der Waals surface area contributed by atoms with Gasteiger partial charge >= 0.3 is 5.97 Å². The molecule has 1 aliphatic rings. The lowest BCUT2D eigenvalue weighted by molar-refractivity contribution is -0.132. The number of likely N-dealkylation sites (tertiary alicyclic amines) is 1. The van der Waals surface area contributed by atoms with E-state index in [1.54, 1.807) is 6.20 Å². The second kappa shape index (κ2) is 10.2. The highest BCUT2D eigenvalue weighted by atomic mass is 35.5. The first-order valence-electron chi connectivity index (χ1n) is 9.80. The summed E-state index contributed by atoms with van der Waals surface area (Å²) in [5, 5.41) is 4.94. The van der Waals surface area contributed by atoms with Gasteiger partial charge in [0.2, 0.25) is 5.91 Å². The number of hydrogen-bond acceptors (Lipinski definition) is 4. The van der Waals surface area contributed by atoms with E-state index in [9.17, 15) is 14.0 Å². The Hall–Kier alpha value is -2.87. The quantitative estimate of drug-likeness (QED) is 0.628. The van der Waals surface area contributed by atoms with Crippen LogP contribution in [-0.2, 0) is 16.1 Å². The van der Waals surface area contributed by atoms with E-state index in [1.165, 1.54) is 31.7 Å². The van der Waals surface area contributed by atoms with Crippen LogP contribution in [0, 0.1) is 5.82 Å². The van der Waals surface area contributed by atoms with Gasteiger partial charge in [0.05, 0.1) is 17.6 Å². The van der Waals surface area contributed by atoms with E-state index in [0.29, 0.717) is 23.4 Å². The van der Waals surface area contributed by atoms with Gasteiger partial charge in [0.25, 0.3) is 0 Å². The minimum Gasteiger partial charge on any atom is -0.464 e. The van der Waals surface area contributed by atoms with Gasteiger partial charge in [-0.3, -0.25) is 9.48 Å². The molecule has 0 radical (unpaired) electrons. The molecule has 7 nitrogen and oxygen atoms in total. The maximum absolute atomic E-state index is 13.3. The van der Waals surface area contributed by atoms with Crippen LogP contribution in [0.25, 0.3) is 10.9 Å². The number of methoxy groups -OCH3 is 1. The number of nitrogens with zero attached hydrogens (tertiary/aromatic N) is 3. The summed E-state index contributed by atoms with van der Waals surface area (Å²) in [5.41, 5.74) is 0.391. The molecule has 0 saturated carbocycles. The summed E-state index contributed by atoms with van der Waals surface area (Å²) >= 11 is 5.85. The summed E-state index contributed by atoms with van der Waals surface area (Å²) in [7, 11) is 1.26. The lowest BCUT2D eigenvalue weighted by Gasteiger charge is -2.26. The van der Waals surface area contributed by atoms with Crippen LogP contribution in [0.4, 0.5) is 4.39 Å². The Labute approximate surface area is 178 Å². The van der Waals surface area contributed by atoms with E-state index in [4.69, 9.17) is 11.6 Å². The lowest BCUT2D eigenvalue weighted by atomic mass is 10.1. The molecule has 0 unspecified atom stereocenters. The third-order valence-electron chi connectivity index (χ3n) is 4.92. The van der Waals surface area contributed by atoms with Gasteiger partial charge in [-0.15, -0.1) is 0 Å². The van der Waals surface area contributed by atoms with Gasteiger partial charge in [0.1, 0.15) is 11.5 Å². The van der Waals surface area contributed by atoms with E-state index < -0.39 is 11.8 Å². The van der Waals surface area contributed by atoms with E-state index in [0.717, 1.165) is 25.9 Å². The fourth-order valence-corrected chi connectivity index (χ4v) is 3.53. The van der Waals surface area contributed by atoms with Crippen molar-refractivity contribution in [2.24, 2.45) is 0 Å². The summed E-state index contributed by atoms with van der Waals surface area (Å²) in [4.78, 5) is 27.6. The van der Waals surface area contributed by atoms with Crippen LogP contribution in [0.5, 0.6) is 0 Å². The van der Waals surface area contributed by atoms with Gasteiger partial charge in [0.15, 0.2) is 0 Å². The van der Waals surface area contributed by atoms with Crippen molar-refractivity contribution >= 4 is 34.4 Å². The van der Waals surface area contributed by atoms with Crippen LogP contribution in [0.1, 0.15) is 36.2 Å². The Morgan fingerprint density at radius 2 is 2.03 bits per heavy atom. The Kier molecular flexibility index (Phi) is 7.46. The number of carbonyl (C=O) groups excluding carboxylic acids is 2. The average Bonchev–Trinajstić information content (AvgIpc) is 3.46. The molecule has 30 heavy (non-hydrogen) atoms. The van der Waals surface area contributed by atoms with Crippen LogP contribution in [0.2, 0.25) is 5.02 Å². The molecular weight excluding hydrogens is 411 g/mol. The maximum Gasteiger partial charge on any atom is 0.354 e. The number of aryl methyl sites for hydroxylation is 1. The van der Waals surface area contributed by atoms with Crippen molar-refractivity contribution in [1.29, 1.82) is 0 Å². The molecule has 0 bridgehead atoms. The smallest absolute Gasteiger partial charge is 0.354 e. The summed E-state index contributed by atoms with van der Waals surface area (Å²) in [6.45, 7) is 2.58. The second-order valence-corrected chi connectivity index (χ2v) is 7.36. The Bertz CT molecular complexity index is 958. The number of aromatic nitrogens is 3. The molecule has 3 aromatic rings. The number of ether oxygens (including phenoxy) is 1. The molecule has 1 aliphatic heterocycles. The molecule has 1 amide bonds. The number of hydrogen-bond donors (Lipinski definition) is 1. The van der Waals surface area contributed by atoms with E-state index in [-0.39, 0.29) is 17.1 Å². The highest BCUT2D eigenvalue weighted by Gasteiger charge is 2.16. The van der Waals surface area contributed by atoms with Gasteiger partial charge in [-0.1, -0.05) is 11.6 Å². The van der Waals surface area contributed by atoms with Gasteiger partial charge in [0, 0.05) is 43.8 Å². The molecule has 0 aliphatic carbocycles. The number of benzene rings is 1. The number of carbonyl (C=O) groups is 2. The van der Waals surface area contributed by atoms with Gasteiger partial charge in [-0.05, 0) is 43.5 Å². The molecule has 1 N–H and O–H groups in total. The number of halogens is 2. The minimum absolute atomic E-state index is 0.180. The molecule has 2 aromatic heterocycles. The zero-order valence-electron chi connectivity index (χ0n) is 16.7. The topological polar surface area (TPSA) is 80.2 Å². The predicted molar refractivity (Wildman–Crippen MR) is 112 cm³/mol. The molecule has 1 aromatic carbocycles. The number of amides is 1. The first-order chi connectivity index (χ1) is 14.5. The number of H-pyrrole nitrogens is 1. The van der Waals surface area contributed by atoms with Crippen molar-refractivity contribution < 1.29 is 18.7 Å². The molecule has 1 fully saturated rings. The monoisotopic (exact) mass is 434 g/mol. The highest BCUT2D eigenvalue weighted by molar-refractivity contribution is 6.35. The Morgan fingerprint density at radius 1 is 1.27 bits per heavy atom. The van der Waals surface area contributed by atoms with Gasteiger partial charge in [-0.2, -0.15) is 5.10 Å². The zero-order valence-corrected chi connectivity index (χ0v) is 17.5. The summed E-state index contributed by atoms with van der Waals surface area (Å²) in [6, 6.07) is 6.02. The maximum atomic E-state index is 13.3. The van der Waals surface area contributed by atoms with Crippen molar-refractivity contribution in [2.75, 3.05) is 20.2 Å². The minimum atomic E-state index is -0.554. The van der Waals surface area contributed by atoms with Gasteiger partial charge in [-0.25, -0.2) is 9.18 Å². The average molecular weight is 435 g/mol. The van der Waals surface area contributed by atoms with Crippen molar-refractivity contribution in [3.8, 4) is 0 Å². The molecule has 160 valence electrons. The number of piperidine rings is 1. The third kappa shape index (κ3) is 5.38. The second-order valence-electron chi connectivity index (χ2n) is 6.95. The Morgan fingerprint density at radius 3 is 2.67 bits per heavy atom. The fraction of sp³-hybridized carbons (Fsp3) is 0.381. The molecule has 9 heteroatoms. The number of fused-ring (bicyclic) bond motifs is 1. The van der Waals surface area contributed by atoms with Crippen molar-refractivity contribution in [1.82, 2.24) is 19.7 Å². The molecular formula is C21H24ClFN4O3. The van der Waals surface area contributed by atoms with Crippen molar-refractivity contribution in [3.05, 3.63) is 53.2 Å². The van der Waals surface area contributed by atoms with Crippen LogP contribution >= 0.6 is 11.6 Å². The van der Waals surface area contributed by atoms with Crippen molar-refractivity contribution in [3.63, 3.8) is 0 Å². The van der Waals surface area contributed by atoms with E-state index in [1.807, 2.05) is 21.8 Å². The number of rotatable bonds is 4. The number of esters is 1. The first-order valence-corrected chi connectivity index (χ1v) is 10.2. The molecule has 4 rings (SSSR count). The standard InChI is InChI=1S/C11H17N3O.C10H7ClFNO2/c15-11(13-7-2-1-3-8-13)5-10-14-9-4-6-12-14;1-15-10(14)8-4-5-6(11)2-3-7(12)9(5)13-8/h4,6,9H,1-3,5,7-8,10H2;2-4,13H,1H3. The lowest BCUT2D eigenvalue weighted by Crippen LogP contribution is -2.36. The predicted octanol–water partition coefficient (Wildman–Crippen LogP) is 4.03. The fourth-order valence-electron chi connectivity index (χ4n) is 3.31.